The maximum absolute atomic E-state index is 10.8. The van der Waals surface area contributed by atoms with Gasteiger partial charge in [-0.15, -0.1) is 0 Å². The van der Waals surface area contributed by atoms with Crippen LogP contribution in [0.1, 0.15) is 37.7 Å². The minimum absolute atomic E-state index is 0.103. The molecule has 19 heavy (non-hydrogen) atoms. The van der Waals surface area contributed by atoms with Crippen LogP contribution in [0.15, 0.2) is 24.3 Å². The van der Waals surface area contributed by atoms with Crippen LogP contribution >= 0.6 is 0 Å². The summed E-state index contributed by atoms with van der Waals surface area (Å²) >= 11 is 0. The zero-order chi connectivity index (χ0) is 14.0. The minimum atomic E-state index is -0.767. The summed E-state index contributed by atoms with van der Waals surface area (Å²) in [5.74, 6) is 0.00394. The molecule has 2 rings (SSSR count). The van der Waals surface area contributed by atoms with Gasteiger partial charge in [-0.3, -0.25) is 14.9 Å². The average molecular weight is 263 g/mol. The van der Waals surface area contributed by atoms with E-state index in [2.05, 4.69) is 6.92 Å². The van der Waals surface area contributed by atoms with Crippen LogP contribution in [0.25, 0.3) is 0 Å². The third kappa shape index (κ3) is 3.10. The van der Waals surface area contributed by atoms with E-state index < -0.39 is 10.9 Å². The van der Waals surface area contributed by atoms with Gasteiger partial charge in [0.2, 0.25) is 0 Å². The Bertz CT molecular complexity index is 500. The fourth-order valence-electron chi connectivity index (χ4n) is 3.12. The topological polar surface area (TPSA) is 80.4 Å². The molecule has 1 aromatic rings. The minimum Gasteiger partial charge on any atom is -0.481 e. The molecule has 0 spiro atoms. The lowest BCUT2D eigenvalue weighted by molar-refractivity contribution is -0.384. The molecule has 0 bridgehead atoms. The van der Waals surface area contributed by atoms with Crippen LogP contribution in [-0.2, 0) is 4.79 Å². The standard InChI is InChI=1S/C14H17NO4/c1-9-5-10(7-14(16)17)6-13(9)11-3-2-4-12(8-11)15(18)19/h2-4,8-10,13H,5-7H2,1H3,(H,16,17). The lowest BCUT2D eigenvalue weighted by atomic mass is 9.90. The second-order valence-electron chi connectivity index (χ2n) is 5.37. The zero-order valence-corrected chi connectivity index (χ0v) is 10.8. The summed E-state index contributed by atoms with van der Waals surface area (Å²) in [6.07, 6.45) is 1.87. The first-order chi connectivity index (χ1) is 8.97. The summed E-state index contributed by atoms with van der Waals surface area (Å²) < 4.78 is 0. The van der Waals surface area contributed by atoms with Crippen LogP contribution in [0.2, 0.25) is 0 Å². The van der Waals surface area contributed by atoms with Crippen molar-refractivity contribution in [2.75, 3.05) is 0 Å². The van der Waals surface area contributed by atoms with E-state index in [9.17, 15) is 14.9 Å². The highest BCUT2D eigenvalue weighted by molar-refractivity contribution is 5.67. The van der Waals surface area contributed by atoms with Crippen molar-refractivity contribution in [2.24, 2.45) is 11.8 Å². The van der Waals surface area contributed by atoms with Crippen molar-refractivity contribution in [3.63, 3.8) is 0 Å². The highest BCUT2D eigenvalue weighted by atomic mass is 16.6. The summed E-state index contributed by atoms with van der Waals surface area (Å²) in [6.45, 7) is 2.09. The number of carboxylic acid groups (broad SMARTS) is 1. The highest BCUT2D eigenvalue weighted by Gasteiger charge is 2.33. The summed E-state index contributed by atoms with van der Waals surface area (Å²) in [5.41, 5.74) is 1.06. The molecule has 1 aromatic carbocycles. The molecule has 1 aliphatic carbocycles. The zero-order valence-electron chi connectivity index (χ0n) is 10.8. The monoisotopic (exact) mass is 263 g/mol. The molecule has 0 radical (unpaired) electrons. The number of carbonyl (C=O) groups is 1. The van der Waals surface area contributed by atoms with Gasteiger partial charge >= 0.3 is 5.97 Å². The first-order valence-electron chi connectivity index (χ1n) is 6.43. The van der Waals surface area contributed by atoms with E-state index in [0.717, 1.165) is 18.4 Å². The molecule has 3 atom stereocenters. The van der Waals surface area contributed by atoms with Crippen molar-refractivity contribution in [2.45, 2.75) is 32.1 Å². The van der Waals surface area contributed by atoms with Gasteiger partial charge in [0.25, 0.3) is 5.69 Å². The third-order valence-electron chi connectivity index (χ3n) is 3.95. The van der Waals surface area contributed by atoms with Crippen molar-refractivity contribution in [1.82, 2.24) is 0 Å². The number of aliphatic carboxylic acids is 1. The molecular formula is C14H17NO4. The molecule has 3 unspecified atom stereocenters. The number of carboxylic acids is 1. The van der Waals surface area contributed by atoms with E-state index in [0.29, 0.717) is 5.92 Å². The second-order valence-corrected chi connectivity index (χ2v) is 5.37. The molecule has 0 heterocycles. The molecule has 0 saturated heterocycles. The summed E-state index contributed by atoms with van der Waals surface area (Å²) in [6, 6.07) is 6.70. The lowest BCUT2D eigenvalue weighted by Gasteiger charge is -2.15. The number of hydrogen-bond donors (Lipinski definition) is 1. The van der Waals surface area contributed by atoms with Gasteiger partial charge in [0.05, 0.1) is 4.92 Å². The molecule has 1 aliphatic rings. The first kappa shape index (κ1) is 13.5. The Labute approximate surface area is 111 Å². The molecule has 0 amide bonds. The second kappa shape index (κ2) is 5.38. The average Bonchev–Trinajstić information content (AvgIpc) is 2.69. The number of nitro groups is 1. The van der Waals surface area contributed by atoms with Crippen molar-refractivity contribution >= 4 is 11.7 Å². The lowest BCUT2D eigenvalue weighted by Crippen LogP contribution is -2.04. The molecule has 1 fully saturated rings. The summed E-state index contributed by atoms with van der Waals surface area (Å²) in [7, 11) is 0. The molecular weight excluding hydrogens is 246 g/mol. The molecule has 102 valence electrons. The quantitative estimate of drug-likeness (QED) is 0.668. The Morgan fingerprint density at radius 2 is 2.21 bits per heavy atom. The predicted molar refractivity (Wildman–Crippen MR) is 70.0 cm³/mol. The van der Waals surface area contributed by atoms with E-state index in [4.69, 9.17) is 5.11 Å². The van der Waals surface area contributed by atoms with E-state index in [1.807, 2.05) is 6.07 Å². The van der Waals surface area contributed by atoms with E-state index in [-0.39, 0.29) is 23.9 Å². The number of rotatable bonds is 4. The Hall–Kier alpha value is -1.91. The van der Waals surface area contributed by atoms with Gasteiger partial charge in [-0.2, -0.15) is 0 Å². The van der Waals surface area contributed by atoms with E-state index in [1.54, 1.807) is 12.1 Å². The van der Waals surface area contributed by atoms with Crippen LogP contribution in [0, 0.1) is 22.0 Å². The number of benzene rings is 1. The number of nitrogens with zero attached hydrogens (tertiary/aromatic N) is 1. The van der Waals surface area contributed by atoms with Gasteiger partial charge in [0, 0.05) is 18.6 Å². The molecule has 5 nitrogen and oxygen atoms in total. The van der Waals surface area contributed by atoms with E-state index in [1.165, 1.54) is 6.07 Å². The summed E-state index contributed by atoms with van der Waals surface area (Å²) in [4.78, 5) is 21.2. The van der Waals surface area contributed by atoms with Gasteiger partial charge < -0.3 is 5.11 Å². The third-order valence-corrected chi connectivity index (χ3v) is 3.95. The van der Waals surface area contributed by atoms with Crippen molar-refractivity contribution in [1.29, 1.82) is 0 Å². The van der Waals surface area contributed by atoms with Gasteiger partial charge in [0.1, 0.15) is 0 Å². The van der Waals surface area contributed by atoms with Crippen LogP contribution in [-0.4, -0.2) is 16.0 Å². The molecule has 1 saturated carbocycles. The van der Waals surface area contributed by atoms with Gasteiger partial charge in [0.15, 0.2) is 0 Å². The van der Waals surface area contributed by atoms with Crippen LogP contribution in [0.5, 0.6) is 0 Å². The number of non-ortho nitro benzene ring substituents is 1. The SMILES string of the molecule is CC1CC(CC(=O)O)CC1c1cccc([N+](=O)[O-])c1. The smallest absolute Gasteiger partial charge is 0.303 e. The Morgan fingerprint density at radius 1 is 1.47 bits per heavy atom. The normalized spacial score (nSPS) is 26.3. The maximum atomic E-state index is 10.8. The molecule has 0 aromatic heterocycles. The van der Waals surface area contributed by atoms with Crippen LogP contribution < -0.4 is 0 Å². The number of hydrogen-bond acceptors (Lipinski definition) is 3. The molecule has 0 aliphatic heterocycles. The number of nitro benzene ring substituents is 1. The van der Waals surface area contributed by atoms with Crippen molar-refractivity contribution in [3.05, 3.63) is 39.9 Å². The highest BCUT2D eigenvalue weighted by Crippen LogP contribution is 2.44. The fraction of sp³-hybridized carbons (Fsp3) is 0.500. The Balaban J connectivity index is 2.15. The first-order valence-corrected chi connectivity index (χ1v) is 6.43. The molecule has 1 N–H and O–H groups in total. The molecule has 5 heteroatoms. The fourth-order valence-corrected chi connectivity index (χ4v) is 3.12. The Morgan fingerprint density at radius 3 is 2.84 bits per heavy atom. The largest absolute Gasteiger partial charge is 0.481 e. The Kier molecular flexibility index (Phi) is 3.83. The van der Waals surface area contributed by atoms with Gasteiger partial charge in [-0.25, -0.2) is 0 Å². The van der Waals surface area contributed by atoms with Gasteiger partial charge in [-0.1, -0.05) is 19.1 Å². The van der Waals surface area contributed by atoms with Gasteiger partial charge in [-0.05, 0) is 36.2 Å². The van der Waals surface area contributed by atoms with E-state index >= 15 is 0 Å². The van der Waals surface area contributed by atoms with Crippen LogP contribution in [0.3, 0.4) is 0 Å². The van der Waals surface area contributed by atoms with Crippen molar-refractivity contribution in [3.8, 4) is 0 Å². The summed E-state index contributed by atoms with van der Waals surface area (Å²) in [5, 5.41) is 19.6. The maximum Gasteiger partial charge on any atom is 0.303 e. The van der Waals surface area contributed by atoms with Crippen LogP contribution in [0.4, 0.5) is 5.69 Å². The predicted octanol–water partition coefficient (Wildman–Crippen LogP) is 3.20. The van der Waals surface area contributed by atoms with Crippen molar-refractivity contribution < 1.29 is 14.8 Å².